The molecule has 0 aromatic heterocycles. The molecule has 0 amide bonds. The van der Waals surface area contributed by atoms with E-state index in [9.17, 15) is 0 Å². The Morgan fingerprint density at radius 2 is 1.71 bits per heavy atom. The Hall–Kier alpha value is 0.177. The lowest BCUT2D eigenvalue weighted by Gasteiger charge is -2.08. The van der Waals surface area contributed by atoms with Gasteiger partial charge < -0.3 is 4.80 Å². The van der Waals surface area contributed by atoms with E-state index < -0.39 is 9.76 Å². The van der Waals surface area contributed by atoms with Crippen molar-refractivity contribution >= 4 is 9.76 Å². The van der Waals surface area contributed by atoms with Crippen molar-refractivity contribution in [1.29, 1.82) is 0 Å². The largest absolute Gasteiger partial charge is 0.438 e. The zero-order valence-corrected chi connectivity index (χ0v) is 6.72. The predicted octanol–water partition coefficient (Wildman–Crippen LogP) is 0.527. The summed E-state index contributed by atoms with van der Waals surface area (Å²) in [7, 11) is -0.709. The van der Waals surface area contributed by atoms with Crippen LogP contribution >= 0.6 is 0 Å². The molecule has 2 heteroatoms. The molecular formula is C5H14OSi. The van der Waals surface area contributed by atoms with Crippen LogP contribution < -0.4 is 0 Å². The maximum atomic E-state index is 8.64. The van der Waals surface area contributed by atoms with Gasteiger partial charge in [0.25, 0.3) is 0 Å². The standard InChI is InChI=1S/C5H14OSi/c1-4(2)5(3)7-6/h4-6H,7H2,1-3H3. The molecule has 0 aromatic carbocycles. The van der Waals surface area contributed by atoms with E-state index in [4.69, 9.17) is 4.80 Å². The second kappa shape index (κ2) is 3.21. The summed E-state index contributed by atoms with van der Waals surface area (Å²) in [5, 5.41) is 0. The van der Waals surface area contributed by atoms with Crippen LogP contribution in [0.1, 0.15) is 20.8 Å². The van der Waals surface area contributed by atoms with Gasteiger partial charge in [-0.05, 0) is 11.5 Å². The molecule has 44 valence electrons. The molecule has 0 heterocycles. The SMILES string of the molecule is CC(C)C(C)[SiH2]O. The molecule has 0 rings (SSSR count). The van der Waals surface area contributed by atoms with Gasteiger partial charge in [0.1, 0.15) is 0 Å². The number of hydrogen-bond acceptors (Lipinski definition) is 1. The molecular weight excluding hydrogens is 104 g/mol. The van der Waals surface area contributed by atoms with E-state index in [1.165, 1.54) is 0 Å². The van der Waals surface area contributed by atoms with Gasteiger partial charge in [0.15, 0.2) is 9.76 Å². The van der Waals surface area contributed by atoms with Crippen molar-refractivity contribution in [1.82, 2.24) is 0 Å². The van der Waals surface area contributed by atoms with Crippen LogP contribution in [0.2, 0.25) is 5.54 Å². The number of rotatable bonds is 2. The van der Waals surface area contributed by atoms with Crippen LogP contribution in [0.3, 0.4) is 0 Å². The van der Waals surface area contributed by atoms with Crippen molar-refractivity contribution in [3.63, 3.8) is 0 Å². The quantitative estimate of drug-likeness (QED) is 0.524. The number of hydrogen-bond donors (Lipinski definition) is 1. The summed E-state index contributed by atoms with van der Waals surface area (Å²) >= 11 is 0. The summed E-state index contributed by atoms with van der Waals surface area (Å²) in [6.45, 7) is 6.40. The summed E-state index contributed by atoms with van der Waals surface area (Å²) in [4.78, 5) is 8.64. The summed E-state index contributed by atoms with van der Waals surface area (Å²) in [5.74, 6) is 0.677. The minimum absolute atomic E-state index is 0.597. The minimum atomic E-state index is -0.709. The van der Waals surface area contributed by atoms with Crippen LogP contribution in [-0.2, 0) is 0 Å². The van der Waals surface area contributed by atoms with Gasteiger partial charge in [-0.1, -0.05) is 20.8 Å². The van der Waals surface area contributed by atoms with Crippen molar-refractivity contribution in [2.24, 2.45) is 5.92 Å². The predicted molar refractivity (Wildman–Crippen MR) is 35.0 cm³/mol. The van der Waals surface area contributed by atoms with E-state index >= 15 is 0 Å². The fourth-order valence-electron chi connectivity index (χ4n) is 0.211. The van der Waals surface area contributed by atoms with Crippen molar-refractivity contribution in [2.75, 3.05) is 0 Å². The average molecular weight is 118 g/mol. The highest BCUT2D eigenvalue weighted by Crippen LogP contribution is 2.12. The van der Waals surface area contributed by atoms with E-state index in [-0.39, 0.29) is 0 Å². The molecule has 1 unspecified atom stereocenters. The zero-order chi connectivity index (χ0) is 5.86. The van der Waals surface area contributed by atoms with Gasteiger partial charge in [0, 0.05) is 0 Å². The van der Waals surface area contributed by atoms with Crippen molar-refractivity contribution in [3.8, 4) is 0 Å². The highest BCUT2D eigenvalue weighted by Gasteiger charge is 2.03. The Labute approximate surface area is 47.7 Å². The van der Waals surface area contributed by atoms with E-state index in [2.05, 4.69) is 20.8 Å². The van der Waals surface area contributed by atoms with Crippen molar-refractivity contribution in [2.45, 2.75) is 26.3 Å². The van der Waals surface area contributed by atoms with Crippen LogP contribution in [0.15, 0.2) is 0 Å². The maximum Gasteiger partial charge on any atom is 0.159 e. The van der Waals surface area contributed by atoms with Crippen LogP contribution in [0.4, 0.5) is 0 Å². The molecule has 0 aliphatic carbocycles. The van der Waals surface area contributed by atoms with E-state index in [0.717, 1.165) is 0 Å². The molecule has 0 aliphatic heterocycles. The highest BCUT2D eigenvalue weighted by atomic mass is 28.2. The summed E-state index contributed by atoms with van der Waals surface area (Å²) in [6, 6.07) is 0. The molecule has 0 aromatic rings. The maximum absolute atomic E-state index is 8.64. The third-order valence-electron chi connectivity index (χ3n) is 1.43. The Morgan fingerprint density at radius 3 is 1.71 bits per heavy atom. The first-order valence-corrected chi connectivity index (χ1v) is 4.24. The molecule has 7 heavy (non-hydrogen) atoms. The topological polar surface area (TPSA) is 20.2 Å². The fourth-order valence-corrected chi connectivity index (χ4v) is 0.632. The molecule has 1 nitrogen and oxygen atoms in total. The zero-order valence-electron chi connectivity index (χ0n) is 5.31. The van der Waals surface area contributed by atoms with Crippen LogP contribution in [0.5, 0.6) is 0 Å². The van der Waals surface area contributed by atoms with E-state index in [1.54, 1.807) is 0 Å². The molecule has 0 aliphatic rings. The Balaban J connectivity index is 3.14. The Morgan fingerprint density at radius 1 is 1.29 bits per heavy atom. The third kappa shape index (κ3) is 2.82. The molecule has 0 spiro atoms. The molecule has 0 fully saturated rings. The highest BCUT2D eigenvalue weighted by molar-refractivity contribution is 6.27. The lowest BCUT2D eigenvalue weighted by atomic mass is 10.1. The van der Waals surface area contributed by atoms with Gasteiger partial charge in [-0.15, -0.1) is 0 Å². The summed E-state index contributed by atoms with van der Waals surface area (Å²) in [6.07, 6.45) is 0. The van der Waals surface area contributed by atoms with Gasteiger partial charge in [-0.25, -0.2) is 0 Å². The third-order valence-corrected chi connectivity index (χ3v) is 2.94. The fraction of sp³-hybridized carbons (Fsp3) is 1.00. The van der Waals surface area contributed by atoms with Crippen LogP contribution in [0.25, 0.3) is 0 Å². The van der Waals surface area contributed by atoms with Crippen molar-refractivity contribution < 1.29 is 4.80 Å². The Kier molecular flexibility index (Phi) is 3.30. The second-order valence-corrected chi connectivity index (χ2v) is 4.06. The smallest absolute Gasteiger partial charge is 0.159 e. The molecule has 1 atom stereocenters. The summed E-state index contributed by atoms with van der Waals surface area (Å²) in [5.41, 5.74) is 0.597. The van der Waals surface area contributed by atoms with Gasteiger partial charge in [-0.2, -0.15) is 0 Å². The van der Waals surface area contributed by atoms with Gasteiger partial charge in [0.2, 0.25) is 0 Å². The van der Waals surface area contributed by atoms with Gasteiger partial charge in [0.05, 0.1) is 0 Å². The first-order chi connectivity index (χ1) is 3.18. The monoisotopic (exact) mass is 118 g/mol. The Bertz CT molecular complexity index is 45.3. The first kappa shape index (κ1) is 7.18. The lowest BCUT2D eigenvalue weighted by Crippen LogP contribution is -2.04. The molecule has 0 bridgehead atoms. The summed E-state index contributed by atoms with van der Waals surface area (Å²) < 4.78 is 0. The molecule has 0 radical (unpaired) electrons. The second-order valence-electron chi connectivity index (χ2n) is 2.40. The van der Waals surface area contributed by atoms with Crippen LogP contribution in [0, 0.1) is 5.92 Å². The van der Waals surface area contributed by atoms with Gasteiger partial charge >= 0.3 is 0 Å². The molecule has 1 N–H and O–H groups in total. The van der Waals surface area contributed by atoms with Crippen LogP contribution in [-0.4, -0.2) is 14.6 Å². The molecule has 0 saturated heterocycles. The first-order valence-electron chi connectivity index (χ1n) is 2.79. The van der Waals surface area contributed by atoms with E-state index in [1.807, 2.05) is 0 Å². The van der Waals surface area contributed by atoms with Crippen molar-refractivity contribution in [3.05, 3.63) is 0 Å². The normalized spacial score (nSPS) is 16.7. The lowest BCUT2D eigenvalue weighted by molar-refractivity contribution is 0.528. The minimum Gasteiger partial charge on any atom is -0.438 e. The average Bonchev–Trinajstić information content (AvgIpc) is 1.65. The van der Waals surface area contributed by atoms with E-state index in [0.29, 0.717) is 11.5 Å². The van der Waals surface area contributed by atoms with Gasteiger partial charge in [-0.3, -0.25) is 0 Å². The molecule has 0 saturated carbocycles.